The van der Waals surface area contributed by atoms with Crippen molar-refractivity contribution in [1.82, 2.24) is 14.7 Å². The number of hydrogen-bond acceptors (Lipinski definition) is 6. The lowest BCUT2D eigenvalue weighted by atomic mass is 9.99. The molecule has 7 nitrogen and oxygen atoms in total. The lowest BCUT2D eigenvalue weighted by Gasteiger charge is -2.21. The molecule has 1 fully saturated rings. The van der Waals surface area contributed by atoms with E-state index in [-0.39, 0.29) is 11.6 Å². The standard InChI is InChI=1S/C27H28N4O3S2/c1-3-5-10-19(4-2)17-29-26(32)24(36-27(29)35)16-21-18-30(22-12-7-6-8-13-22)28-25(21)20-11-9-14-23(15-20)31(33)34/h6-9,11-16,18-19H,3-5,10,17H2,1-2H3/b24-16+/t19-/m1/s1. The Morgan fingerprint density at radius 3 is 2.64 bits per heavy atom. The molecule has 0 N–H and O–H groups in total. The van der Waals surface area contributed by atoms with E-state index >= 15 is 0 Å². The number of hydrogen-bond donors (Lipinski definition) is 0. The molecule has 0 radical (unpaired) electrons. The number of thioether (sulfide) groups is 1. The summed E-state index contributed by atoms with van der Waals surface area (Å²) in [5, 5.41) is 16.1. The molecule has 9 heteroatoms. The van der Waals surface area contributed by atoms with E-state index in [0.29, 0.717) is 38.5 Å². The van der Waals surface area contributed by atoms with Crippen molar-refractivity contribution in [2.45, 2.75) is 39.5 Å². The molecule has 186 valence electrons. The number of para-hydroxylation sites is 1. The number of non-ortho nitro benzene ring substituents is 1. The highest BCUT2D eigenvalue weighted by atomic mass is 32.2. The third-order valence-electron chi connectivity index (χ3n) is 6.24. The normalized spacial score (nSPS) is 15.6. The molecule has 1 aliphatic heterocycles. The zero-order valence-corrected chi connectivity index (χ0v) is 21.9. The molecule has 0 aliphatic carbocycles. The molecule has 36 heavy (non-hydrogen) atoms. The van der Waals surface area contributed by atoms with Gasteiger partial charge in [-0.3, -0.25) is 19.8 Å². The summed E-state index contributed by atoms with van der Waals surface area (Å²) >= 11 is 6.87. The number of carbonyl (C=O) groups excluding carboxylic acids is 1. The van der Waals surface area contributed by atoms with Crippen LogP contribution in [-0.4, -0.2) is 36.4 Å². The first kappa shape index (κ1) is 25.8. The number of nitro benzene ring substituents is 1. The molecule has 1 aromatic heterocycles. The number of rotatable bonds is 10. The topological polar surface area (TPSA) is 81.3 Å². The van der Waals surface area contributed by atoms with E-state index in [9.17, 15) is 14.9 Å². The zero-order valence-electron chi connectivity index (χ0n) is 20.3. The van der Waals surface area contributed by atoms with Crippen LogP contribution in [0.25, 0.3) is 23.0 Å². The average molecular weight is 521 g/mol. The second kappa shape index (κ2) is 11.6. The molecule has 1 saturated heterocycles. The van der Waals surface area contributed by atoms with Crippen LogP contribution < -0.4 is 0 Å². The van der Waals surface area contributed by atoms with Crippen molar-refractivity contribution >= 4 is 46.0 Å². The van der Waals surface area contributed by atoms with Crippen molar-refractivity contribution in [1.29, 1.82) is 0 Å². The fraction of sp³-hybridized carbons (Fsp3) is 0.296. The fourth-order valence-electron chi connectivity index (χ4n) is 4.17. The van der Waals surface area contributed by atoms with Gasteiger partial charge in [-0.1, -0.05) is 87.4 Å². The van der Waals surface area contributed by atoms with Crippen LogP contribution in [0.15, 0.2) is 65.7 Å². The molecule has 1 atom stereocenters. The predicted molar refractivity (Wildman–Crippen MR) is 149 cm³/mol. The Kier molecular flexibility index (Phi) is 8.32. The third kappa shape index (κ3) is 5.74. The van der Waals surface area contributed by atoms with E-state index in [1.807, 2.05) is 36.5 Å². The summed E-state index contributed by atoms with van der Waals surface area (Å²) < 4.78 is 2.28. The molecule has 0 spiro atoms. The van der Waals surface area contributed by atoms with E-state index in [4.69, 9.17) is 17.3 Å². The number of nitrogens with zero attached hydrogens (tertiary/aromatic N) is 4. The Morgan fingerprint density at radius 1 is 1.17 bits per heavy atom. The fourth-order valence-corrected chi connectivity index (χ4v) is 5.44. The van der Waals surface area contributed by atoms with Gasteiger partial charge in [-0.25, -0.2) is 4.68 Å². The molecule has 1 amide bonds. The summed E-state index contributed by atoms with van der Waals surface area (Å²) in [6.45, 7) is 4.94. The number of amides is 1. The maximum absolute atomic E-state index is 13.3. The summed E-state index contributed by atoms with van der Waals surface area (Å²) in [4.78, 5) is 26.5. The summed E-state index contributed by atoms with van der Waals surface area (Å²) in [5.41, 5.74) is 2.68. The van der Waals surface area contributed by atoms with Crippen LogP contribution in [0.1, 0.15) is 45.1 Å². The maximum atomic E-state index is 13.3. The van der Waals surface area contributed by atoms with E-state index < -0.39 is 4.92 Å². The van der Waals surface area contributed by atoms with Gasteiger partial charge < -0.3 is 0 Å². The molecule has 3 aromatic rings. The highest BCUT2D eigenvalue weighted by Crippen LogP contribution is 2.36. The van der Waals surface area contributed by atoms with Crippen molar-refractivity contribution in [3.63, 3.8) is 0 Å². The summed E-state index contributed by atoms with van der Waals surface area (Å²) in [6.07, 6.45) is 7.97. The number of carbonyl (C=O) groups is 1. The second-order valence-electron chi connectivity index (χ2n) is 8.73. The van der Waals surface area contributed by atoms with Crippen LogP contribution in [0.5, 0.6) is 0 Å². The monoisotopic (exact) mass is 520 g/mol. The Labute approximate surface area is 220 Å². The molecular formula is C27H28N4O3S2. The van der Waals surface area contributed by atoms with Crippen LogP contribution in [-0.2, 0) is 4.79 Å². The van der Waals surface area contributed by atoms with Crippen molar-refractivity contribution in [2.75, 3.05) is 6.54 Å². The molecule has 0 saturated carbocycles. The van der Waals surface area contributed by atoms with Crippen LogP contribution >= 0.6 is 24.0 Å². The number of aromatic nitrogens is 2. The first-order chi connectivity index (χ1) is 17.4. The zero-order chi connectivity index (χ0) is 25.7. The van der Waals surface area contributed by atoms with Gasteiger partial charge in [-0.05, 0) is 30.5 Å². The second-order valence-corrected chi connectivity index (χ2v) is 10.4. The van der Waals surface area contributed by atoms with Gasteiger partial charge in [0.15, 0.2) is 0 Å². The number of thiocarbonyl (C=S) groups is 1. The highest BCUT2D eigenvalue weighted by Gasteiger charge is 2.33. The van der Waals surface area contributed by atoms with Gasteiger partial charge in [-0.15, -0.1) is 0 Å². The third-order valence-corrected chi connectivity index (χ3v) is 7.62. The Balaban J connectivity index is 1.71. The summed E-state index contributed by atoms with van der Waals surface area (Å²) in [5.74, 6) is 0.311. The van der Waals surface area contributed by atoms with Crippen molar-refractivity contribution < 1.29 is 9.72 Å². The van der Waals surface area contributed by atoms with Crippen LogP contribution in [0.2, 0.25) is 0 Å². The van der Waals surface area contributed by atoms with Crippen LogP contribution in [0, 0.1) is 16.0 Å². The van der Waals surface area contributed by atoms with Gasteiger partial charge in [0, 0.05) is 36.0 Å². The van der Waals surface area contributed by atoms with E-state index in [1.165, 1.54) is 23.9 Å². The van der Waals surface area contributed by atoms with Crippen molar-refractivity contribution in [2.24, 2.45) is 5.92 Å². The smallest absolute Gasteiger partial charge is 0.270 e. The van der Waals surface area contributed by atoms with E-state index in [0.717, 1.165) is 31.4 Å². The number of nitro groups is 1. The molecule has 0 bridgehead atoms. The minimum Gasteiger partial charge on any atom is -0.293 e. The number of unbranched alkanes of at least 4 members (excludes halogenated alkanes) is 1. The summed E-state index contributed by atoms with van der Waals surface area (Å²) in [7, 11) is 0. The van der Waals surface area contributed by atoms with Crippen LogP contribution in [0.3, 0.4) is 0 Å². The van der Waals surface area contributed by atoms with Crippen molar-refractivity contribution in [3.05, 3.63) is 81.4 Å². The van der Waals surface area contributed by atoms with Gasteiger partial charge in [0.2, 0.25) is 0 Å². The van der Waals surface area contributed by atoms with E-state index in [1.54, 1.807) is 27.8 Å². The molecule has 2 heterocycles. The van der Waals surface area contributed by atoms with Gasteiger partial charge in [0.05, 0.1) is 15.5 Å². The molecule has 0 unspecified atom stereocenters. The predicted octanol–water partition coefficient (Wildman–Crippen LogP) is 6.87. The highest BCUT2D eigenvalue weighted by molar-refractivity contribution is 8.26. The Hall–Kier alpha value is -3.30. The SMILES string of the molecule is CCCC[C@@H](CC)CN1C(=O)/C(=C\c2cn(-c3ccccc3)nc2-c2cccc([N+](=O)[O-])c2)SC1=S. The lowest BCUT2D eigenvalue weighted by molar-refractivity contribution is -0.384. The Bertz CT molecular complexity index is 1300. The Morgan fingerprint density at radius 2 is 1.94 bits per heavy atom. The minimum absolute atomic E-state index is 0.0169. The largest absolute Gasteiger partial charge is 0.293 e. The first-order valence-corrected chi connectivity index (χ1v) is 13.3. The molecule has 1 aliphatic rings. The van der Waals surface area contributed by atoms with E-state index in [2.05, 4.69) is 13.8 Å². The first-order valence-electron chi connectivity index (χ1n) is 12.1. The molecule has 4 rings (SSSR count). The summed E-state index contributed by atoms with van der Waals surface area (Å²) in [6, 6.07) is 16.0. The van der Waals surface area contributed by atoms with Crippen molar-refractivity contribution in [3.8, 4) is 16.9 Å². The lowest BCUT2D eigenvalue weighted by Crippen LogP contribution is -2.33. The molecular weight excluding hydrogens is 492 g/mol. The quantitative estimate of drug-likeness (QED) is 0.126. The van der Waals surface area contributed by atoms with Gasteiger partial charge >= 0.3 is 0 Å². The maximum Gasteiger partial charge on any atom is 0.270 e. The van der Waals surface area contributed by atoms with Gasteiger partial charge in [-0.2, -0.15) is 5.10 Å². The molecule has 2 aromatic carbocycles. The number of benzene rings is 2. The van der Waals surface area contributed by atoms with Crippen LogP contribution in [0.4, 0.5) is 5.69 Å². The average Bonchev–Trinajstić information content (AvgIpc) is 3.43. The minimum atomic E-state index is -0.425. The van der Waals surface area contributed by atoms with Gasteiger partial charge in [0.1, 0.15) is 10.0 Å². The van der Waals surface area contributed by atoms with Gasteiger partial charge in [0.25, 0.3) is 11.6 Å².